The van der Waals surface area contributed by atoms with Crippen LogP contribution >= 0.6 is 11.3 Å². The maximum absolute atomic E-state index is 12.7. The van der Waals surface area contributed by atoms with Crippen molar-refractivity contribution in [3.63, 3.8) is 0 Å². The summed E-state index contributed by atoms with van der Waals surface area (Å²) in [6.07, 6.45) is 1.15. The molecule has 0 aliphatic carbocycles. The van der Waals surface area contributed by atoms with Gasteiger partial charge in [-0.05, 0) is 45.6 Å². The molecule has 2 aromatic rings. The number of nitrogens with zero attached hydrogens (tertiary/aromatic N) is 2. The lowest BCUT2D eigenvalue weighted by Crippen LogP contribution is -2.57. The molecule has 1 amide bonds. The van der Waals surface area contributed by atoms with Gasteiger partial charge < -0.3 is 9.80 Å². The van der Waals surface area contributed by atoms with Crippen molar-refractivity contribution in [3.05, 3.63) is 34.7 Å². The highest BCUT2D eigenvalue weighted by atomic mass is 32.1. The van der Waals surface area contributed by atoms with E-state index in [1.807, 2.05) is 10.3 Å². The maximum atomic E-state index is 12.7. The van der Waals surface area contributed by atoms with Crippen LogP contribution in [0.2, 0.25) is 0 Å². The molecule has 0 atom stereocenters. The van der Waals surface area contributed by atoms with Crippen molar-refractivity contribution in [1.82, 2.24) is 9.80 Å². The molecule has 0 spiro atoms. The summed E-state index contributed by atoms with van der Waals surface area (Å²) in [5.41, 5.74) is 2.39. The molecule has 22 heavy (non-hydrogen) atoms. The van der Waals surface area contributed by atoms with Crippen molar-refractivity contribution in [3.8, 4) is 0 Å². The highest BCUT2D eigenvalue weighted by Gasteiger charge is 2.41. The molecule has 118 valence electrons. The molecular weight excluding hydrogens is 292 g/mol. The molecule has 1 aromatic carbocycles. The average Bonchev–Trinajstić information content (AvgIpc) is 2.84. The predicted molar refractivity (Wildman–Crippen MR) is 93.7 cm³/mol. The molecule has 0 unspecified atom stereocenters. The highest BCUT2D eigenvalue weighted by molar-refractivity contribution is 7.17. The standard InChI is InChI=1S/C18H24N2OS/c1-13-5-6-14-15(10-22-16(14)9-13)17(21)20-11-18(2,12-20)7-8-19(3)4/h5-6,9-10H,7-8,11-12H2,1-4H3. The third-order valence-corrected chi connectivity index (χ3v) is 5.50. The first-order valence-corrected chi connectivity index (χ1v) is 8.68. The highest BCUT2D eigenvalue weighted by Crippen LogP contribution is 2.36. The van der Waals surface area contributed by atoms with E-state index < -0.39 is 0 Å². The van der Waals surface area contributed by atoms with Crippen LogP contribution < -0.4 is 0 Å². The van der Waals surface area contributed by atoms with Crippen LogP contribution in [0.5, 0.6) is 0 Å². The van der Waals surface area contributed by atoms with E-state index in [0.717, 1.165) is 37.0 Å². The zero-order chi connectivity index (χ0) is 15.9. The Morgan fingerprint density at radius 2 is 2.09 bits per heavy atom. The lowest BCUT2D eigenvalue weighted by molar-refractivity contribution is 0.00829. The Morgan fingerprint density at radius 3 is 2.77 bits per heavy atom. The van der Waals surface area contributed by atoms with E-state index in [4.69, 9.17) is 0 Å². The smallest absolute Gasteiger partial charge is 0.255 e. The molecule has 4 heteroatoms. The first-order valence-electron chi connectivity index (χ1n) is 7.80. The van der Waals surface area contributed by atoms with Crippen molar-refractivity contribution < 1.29 is 4.79 Å². The van der Waals surface area contributed by atoms with Crippen molar-refractivity contribution in [1.29, 1.82) is 0 Å². The normalized spacial score (nSPS) is 17.0. The van der Waals surface area contributed by atoms with Crippen LogP contribution in [-0.4, -0.2) is 49.4 Å². The predicted octanol–water partition coefficient (Wildman–Crippen LogP) is 3.62. The molecule has 1 saturated heterocycles. The van der Waals surface area contributed by atoms with Gasteiger partial charge in [0.2, 0.25) is 0 Å². The van der Waals surface area contributed by atoms with E-state index in [2.05, 4.69) is 51.0 Å². The Hall–Kier alpha value is -1.39. The second-order valence-corrected chi connectivity index (χ2v) is 8.09. The Bertz CT molecular complexity index is 698. The molecule has 1 aliphatic rings. The van der Waals surface area contributed by atoms with Crippen LogP contribution in [0.4, 0.5) is 0 Å². The van der Waals surface area contributed by atoms with E-state index in [0.29, 0.717) is 0 Å². The monoisotopic (exact) mass is 316 g/mol. The van der Waals surface area contributed by atoms with Gasteiger partial charge in [-0.3, -0.25) is 4.79 Å². The molecule has 0 N–H and O–H groups in total. The summed E-state index contributed by atoms with van der Waals surface area (Å²) in [6, 6.07) is 6.33. The first kappa shape index (κ1) is 15.5. The van der Waals surface area contributed by atoms with Crippen molar-refractivity contribution >= 4 is 27.3 Å². The third-order valence-electron chi connectivity index (χ3n) is 4.56. The largest absolute Gasteiger partial charge is 0.337 e. The summed E-state index contributed by atoms with van der Waals surface area (Å²) < 4.78 is 1.21. The fourth-order valence-corrected chi connectivity index (χ4v) is 4.17. The first-order chi connectivity index (χ1) is 10.4. The summed E-state index contributed by atoms with van der Waals surface area (Å²) >= 11 is 1.67. The minimum absolute atomic E-state index is 0.192. The number of likely N-dealkylation sites (tertiary alicyclic amines) is 1. The summed E-state index contributed by atoms with van der Waals surface area (Å²) in [7, 11) is 4.20. The third kappa shape index (κ3) is 2.90. The lowest BCUT2D eigenvalue weighted by atomic mass is 9.78. The Balaban J connectivity index is 1.70. The van der Waals surface area contributed by atoms with E-state index in [-0.39, 0.29) is 11.3 Å². The van der Waals surface area contributed by atoms with Gasteiger partial charge in [0.05, 0.1) is 5.56 Å². The van der Waals surface area contributed by atoms with Gasteiger partial charge in [-0.15, -0.1) is 11.3 Å². The maximum Gasteiger partial charge on any atom is 0.255 e. The average molecular weight is 316 g/mol. The van der Waals surface area contributed by atoms with Gasteiger partial charge in [-0.25, -0.2) is 0 Å². The molecule has 0 radical (unpaired) electrons. The zero-order valence-electron chi connectivity index (χ0n) is 13.8. The molecule has 0 saturated carbocycles. The number of carbonyl (C=O) groups is 1. The van der Waals surface area contributed by atoms with Gasteiger partial charge in [-0.1, -0.05) is 19.1 Å². The SMILES string of the molecule is Cc1ccc2c(C(=O)N3CC(C)(CCN(C)C)C3)csc2c1. The van der Waals surface area contributed by atoms with Crippen molar-refractivity contribution in [2.75, 3.05) is 33.7 Å². The number of carbonyl (C=O) groups excluding carboxylic acids is 1. The van der Waals surface area contributed by atoms with Crippen molar-refractivity contribution in [2.24, 2.45) is 5.41 Å². The second kappa shape index (κ2) is 5.67. The summed E-state index contributed by atoms with van der Waals surface area (Å²) in [6.45, 7) is 7.21. The molecule has 3 rings (SSSR count). The minimum Gasteiger partial charge on any atom is -0.337 e. The van der Waals surface area contributed by atoms with Crippen LogP contribution in [0.3, 0.4) is 0 Å². The number of thiophene rings is 1. The van der Waals surface area contributed by atoms with Gasteiger partial charge in [0, 0.05) is 34.0 Å². The van der Waals surface area contributed by atoms with Crippen LogP contribution in [0, 0.1) is 12.3 Å². The molecular formula is C18H24N2OS. The van der Waals surface area contributed by atoms with Gasteiger partial charge in [0.15, 0.2) is 0 Å². The van der Waals surface area contributed by atoms with Gasteiger partial charge >= 0.3 is 0 Å². The summed E-state index contributed by atoms with van der Waals surface area (Å²) in [4.78, 5) is 16.9. The fraction of sp³-hybridized carbons (Fsp3) is 0.500. The number of benzene rings is 1. The lowest BCUT2D eigenvalue weighted by Gasteiger charge is -2.48. The van der Waals surface area contributed by atoms with Crippen LogP contribution in [0.1, 0.15) is 29.3 Å². The Kier molecular flexibility index (Phi) is 4.00. The number of hydrogen-bond acceptors (Lipinski definition) is 3. The number of amides is 1. The fourth-order valence-electron chi connectivity index (χ4n) is 3.14. The number of aryl methyl sites for hydroxylation is 1. The molecule has 2 heterocycles. The molecule has 1 fully saturated rings. The van der Waals surface area contributed by atoms with Crippen LogP contribution in [0.15, 0.2) is 23.6 Å². The molecule has 3 nitrogen and oxygen atoms in total. The topological polar surface area (TPSA) is 23.6 Å². The van der Waals surface area contributed by atoms with E-state index in [9.17, 15) is 4.79 Å². The summed E-state index contributed by atoms with van der Waals surface area (Å²) in [5, 5.41) is 3.12. The Labute approximate surface area is 136 Å². The summed E-state index contributed by atoms with van der Waals surface area (Å²) in [5.74, 6) is 0.192. The van der Waals surface area contributed by atoms with Gasteiger partial charge in [0.1, 0.15) is 0 Å². The second-order valence-electron chi connectivity index (χ2n) is 7.17. The Morgan fingerprint density at radius 1 is 1.36 bits per heavy atom. The van der Waals surface area contributed by atoms with Crippen LogP contribution in [0.25, 0.3) is 10.1 Å². The van der Waals surface area contributed by atoms with E-state index in [1.165, 1.54) is 10.3 Å². The molecule has 1 aromatic heterocycles. The number of fused-ring (bicyclic) bond motifs is 1. The van der Waals surface area contributed by atoms with Gasteiger partial charge in [-0.2, -0.15) is 0 Å². The van der Waals surface area contributed by atoms with Gasteiger partial charge in [0.25, 0.3) is 5.91 Å². The number of rotatable bonds is 4. The molecule has 0 bridgehead atoms. The van der Waals surface area contributed by atoms with E-state index >= 15 is 0 Å². The van der Waals surface area contributed by atoms with E-state index in [1.54, 1.807) is 11.3 Å². The molecule has 1 aliphatic heterocycles. The zero-order valence-corrected chi connectivity index (χ0v) is 14.7. The quantitative estimate of drug-likeness (QED) is 0.860. The minimum atomic E-state index is 0.192. The van der Waals surface area contributed by atoms with Crippen molar-refractivity contribution in [2.45, 2.75) is 20.3 Å². The van der Waals surface area contributed by atoms with Crippen LogP contribution in [-0.2, 0) is 0 Å². The number of hydrogen-bond donors (Lipinski definition) is 0.